The molecule has 17 heavy (non-hydrogen) atoms. The molecule has 0 radical (unpaired) electrons. The minimum Gasteiger partial charge on any atom is -0.381 e. The van der Waals surface area contributed by atoms with Gasteiger partial charge in [0, 0.05) is 43.3 Å². The monoisotopic (exact) mass is 233 g/mol. The van der Waals surface area contributed by atoms with Gasteiger partial charge in [0.05, 0.1) is 12.3 Å². The number of nitrogens with zero attached hydrogens (tertiary/aromatic N) is 2. The Morgan fingerprint density at radius 2 is 2.29 bits per heavy atom. The molecule has 1 saturated heterocycles. The summed E-state index contributed by atoms with van der Waals surface area (Å²) < 4.78 is 5.53. The molecule has 0 spiro atoms. The van der Waals surface area contributed by atoms with Crippen LogP contribution in [0.1, 0.15) is 41.5 Å². The quantitative estimate of drug-likeness (QED) is 0.795. The molecule has 1 unspecified atom stereocenters. The molecule has 3 heterocycles. The summed E-state index contributed by atoms with van der Waals surface area (Å²) in [5.74, 6) is 1.41. The Balaban J connectivity index is 1.92. The lowest BCUT2D eigenvalue weighted by molar-refractivity contribution is 0.0779. The van der Waals surface area contributed by atoms with Gasteiger partial charge in [-0.2, -0.15) is 0 Å². The molecule has 0 aromatic carbocycles. The van der Waals surface area contributed by atoms with Crippen molar-refractivity contribution in [1.29, 1.82) is 0 Å². The summed E-state index contributed by atoms with van der Waals surface area (Å²) in [5, 5.41) is 3.38. The summed E-state index contributed by atoms with van der Waals surface area (Å²) in [7, 11) is 0. The number of hydrogen-bond donors (Lipinski definition) is 1. The molecule has 3 rings (SSSR count). The largest absolute Gasteiger partial charge is 0.381 e. The molecule has 0 aliphatic carbocycles. The van der Waals surface area contributed by atoms with E-state index in [1.165, 1.54) is 11.3 Å². The highest BCUT2D eigenvalue weighted by Gasteiger charge is 2.22. The summed E-state index contributed by atoms with van der Waals surface area (Å²) in [6, 6.07) is 0. The molecule has 4 nitrogen and oxygen atoms in total. The minimum absolute atomic E-state index is 0.405. The van der Waals surface area contributed by atoms with E-state index < -0.39 is 0 Å². The van der Waals surface area contributed by atoms with E-state index in [4.69, 9.17) is 9.72 Å². The summed E-state index contributed by atoms with van der Waals surface area (Å²) in [4.78, 5) is 9.45. The predicted octanol–water partition coefficient (Wildman–Crippen LogP) is 1.32. The van der Waals surface area contributed by atoms with E-state index in [1.54, 1.807) is 0 Å². The second-order valence-corrected chi connectivity index (χ2v) is 4.93. The fraction of sp³-hybridized carbons (Fsp3) is 0.692. The molecule has 1 fully saturated rings. The number of rotatable bonds is 1. The standard InChI is InChI=1S/C13H19N3O/c1-9-11-7-14-5-4-12(11)16-13(15-9)10-3-2-6-17-8-10/h10,14H,2-8H2,1H3. The Labute approximate surface area is 102 Å². The lowest BCUT2D eigenvalue weighted by Crippen LogP contribution is -2.28. The van der Waals surface area contributed by atoms with E-state index in [9.17, 15) is 0 Å². The van der Waals surface area contributed by atoms with Crippen LogP contribution in [0.25, 0.3) is 0 Å². The molecule has 2 aliphatic rings. The highest BCUT2D eigenvalue weighted by Crippen LogP contribution is 2.25. The zero-order chi connectivity index (χ0) is 11.7. The Morgan fingerprint density at radius 1 is 1.35 bits per heavy atom. The molecule has 0 saturated carbocycles. The van der Waals surface area contributed by atoms with Crippen molar-refractivity contribution in [3.63, 3.8) is 0 Å². The summed E-state index contributed by atoms with van der Waals surface area (Å²) >= 11 is 0. The van der Waals surface area contributed by atoms with Crippen LogP contribution in [-0.4, -0.2) is 29.7 Å². The average molecular weight is 233 g/mol. The van der Waals surface area contributed by atoms with Crippen LogP contribution < -0.4 is 5.32 Å². The number of ether oxygens (including phenoxy) is 1. The van der Waals surface area contributed by atoms with Gasteiger partial charge in [-0.15, -0.1) is 0 Å². The number of aryl methyl sites for hydroxylation is 1. The lowest BCUT2D eigenvalue weighted by atomic mass is 9.99. The van der Waals surface area contributed by atoms with E-state index >= 15 is 0 Å². The van der Waals surface area contributed by atoms with Crippen LogP contribution in [0.15, 0.2) is 0 Å². The van der Waals surface area contributed by atoms with Crippen molar-refractivity contribution < 1.29 is 4.74 Å². The molecule has 0 bridgehead atoms. The minimum atomic E-state index is 0.405. The van der Waals surface area contributed by atoms with Gasteiger partial charge in [0.1, 0.15) is 5.82 Å². The lowest BCUT2D eigenvalue weighted by Gasteiger charge is -2.24. The molecule has 1 N–H and O–H groups in total. The topological polar surface area (TPSA) is 47.0 Å². The van der Waals surface area contributed by atoms with Crippen molar-refractivity contribution in [2.45, 2.75) is 38.6 Å². The van der Waals surface area contributed by atoms with E-state index in [0.717, 1.165) is 57.1 Å². The second-order valence-electron chi connectivity index (χ2n) is 4.93. The number of nitrogens with one attached hydrogen (secondary N) is 1. The molecule has 4 heteroatoms. The molecule has 1 atom stereocenters. The summed E-state index contributed by atoms with van der Waals surface area (Å²) in [6.45, 7) is 5.73. The third-order valence-corrected chi connectivity index (χ3v) is 3.68. The van der Waals surface area contributed by atoms with Gasteiger partial charge in [-0.3, -0.25) is 0 Å². The van der Waals surface area contributed by atoms with E-state index in [1.807, 2.05) is 0 Å². The van der Waals surface area contributed by atoms with Crippen LogP contribution >= 0.6 is 0 Å². The zero-order valence-electron chi connectivity index (χ0n) is 10.3. The highest BCUT2D eigenvalue weighted by atomic mass is 16.5. The van der Waals surface area contributed by atoms with E-state index in [-0.39, 0.29) is 0 Å². The van der Waals surface area contributed by atoms with Crippen LogP contribution in [0.2, 0.25) is 0 Å². The van der Waals surface area contributed by atoms with Crippen molar-refractivity contribution in [3.05, 3.63) is 22.8 Å². The van der Waals surface area contributed by atoms with Gasteiger partial charge in [-0.1, -0.05) is 0 Å². The Kier molecular flexibility index (Phi) is 3.07. The van der Waals surface area contributed by atoms with Gasteiger partial charge in [-0.05, 0) is 19.8 Å². The van der Waals surface area contributed by atoms with Gasteiger partial charge in [0.15, 0.2) is 0 Å². The fourth-order valence-electron chi connectivity index (χ4n) is 2.66. The third-order valence-electron chi connectivity index (χ3n) is 3.68. The maximum Gasteiger partial charge on any atom is 0.134 e. The fourth-order valence-corrected chi connectivity index (χ4v) is 2.66. The number of fused-ring (bicyclic) bond motifs is 1. The molecule has 1 aromatic rings. The van der Waals surface area contributed by atoms with Gasteiger partial charge in [-0.25, -0.2) is 9.97 Å². The van der Waals surface area contributed by atoms with Gasteiger partial charge in [0.2, 0.25) is 0 Å². The van der Waals surface area contributed by atoms with Crippen molar-refractivity contribution in [2.75, 3.05) is 19.8 Å². The van der Waals surface area contributed by atoms with Crippen LogP contribution in [0.3, 0.4) is 0 Å². The number of hydrogen-bond acceptors (Lipinski definition) is 4. The van der Waals surface area contributed by atoms with E-state index in [0.29, 0.717) is 5.92 Å². The summed E-state index contributed by atoms with van der Waals surface area (Å²) in [6.07, 6.45) is 3.32. The van der Waals surface area contributed by atoms with Crippen molar-refractivity contribution >= 4 is 0 Å². The molecular weight excluding hydrogens is 214 g/mol. The van der Waals surface area contributed by atoms with E-state index in [2.05, 4.69) is 17.2 Å². The average Bonchev–Trinajstić information content (AvgIpc) is 2.40. The Bertz CT molecular complexity index is 413. The third kappa shape index (κ3) is 2.19. The first-order chi connectivity index (χ1) is 8.34. The first-order valence-corrected chi connectivity index (χ1v) is 6.49. The van der Waals surface area contributed by atoms with Crippen LogP contribution in [0.4, 0.5) is 0 Å². The predicted molar refractivity (Wildman–Crippen MR) is 65.0 cm³/mol. The summed E-state index contributed by atoms with van der Waals surface area (Å²) in [5.41, 5.74) is 3.69. The van der Waals surface area contributed by atoms with Crippen molar-refractivity contribution in [3.8, 4) is 0 Å². The second kappa shape index (κ2) is 4.70. The van der Waals surface area contributed by atoms with Crippen molar-refractivity contribution in [2.24, 2.45) is 0 Å². The first kappa shape index (κ1) is 11.1. The highest BCUT2D eigenvalue weighted by molar-refractivity contribution is 5.28. The molecule has 92 valence electrons. The van der Waals surface area contributed by atoms with Crippen molar-refractivity contribution in [1.82, 2.24) is 15.3 Å². The zero-order valence-corrected chi connectivity index (χ0v) is 10.3. The number of aromatic nitrogens is 2. The van der Waals surface area contributed by atoms with Crippen LogP contribution in [-0.2, 0) is 17.7 Å². The normalized spacial score (nSPS) is 24.4. The molecule has 2 aliphatic heterocycles. The SMILES string of the molecule is Cc1nc(C2CCCOC2)nc2c1CNCC2. The Hall–Kier alpha value is -1.00. The van der Waals surface area contributed by atoms with Gasteiger partial charge >= 0.3 is 0 Å². The van der Waals surface area contributed by atoms with Gasteiger partial charge in [0.25, 0.3) is 0 Å². The molecular formula is C13H19N3O. The maximum atomic E-state index is 5.53. The van der Waals surface area contributed by atoms with Gasteiger partial charge < -0.3 is 10.1 Å². The first-order valence-electron chi connectivity index (χ1n) is 6.49. The van der Waals surface area contributed by atoms with Crippen LogP contribution in [0.5, 0.6) is 0 Å². The Morgan fingerprint density at radius 3 is 3.12 bits per heavy atom. The smallest absolute Gasteiger partial charge is 0.134 e. The molecule has 0 amide bonds. The van der Waals surface area contributed by atoms with Crippen LogP contribution in [0, 0.1) is 6.92 Å². The molecule has 1 aromatic heterocycles. The maximum absolute atomic E-state index is 5.53.